The fraction of sp³-hybridized carbons (Fsp3) is 0.143. The van der Waals surface area contributed by atoms with Crippen LogP contribution in [-0.4, -0.2) is 24.1 Å². The topological polar surface area (TPSA) is 47.0 Å². The van der Waals surface area contributed by atoms with Gasteiger partial charge >= 0.3 is 0 Å². The molecule has 4 nitrogen and oxygen atoms in total. The Morgan fingerprint density at radius 3 is 2.70 bits per heavy atom. The van der Waals surface area contributed by atoms with E-state index in [4.69, 9.17) is 16.3 Å². The normalized spacial score (nSPS) is 10.8. The summed E-state index contributed by atoms with van der Waals surface area (Å²) in [5, 5.41) is 4.03. The molecule has 3 rings (SSSR count). The second-order valence-corrected chi connectivity index (χ2v) is 5.85. The summed E-state index contributed by atoms with van der Waals surface area (Å²) < 4.78 is 5.97. The van der Waals surface area contributed by atoms with Crippen molar-refractivity contribution in [1.82, 2.24) is 9.97 Å². The van der Waals surface area contributed by atoms with E-state index in [1.54, 1.807) is 7.11 Å². The fourth-order valence-corrected chi connectivity index (χ4v) is 2.95. The standard InChI is InChI=1S/C14H12ClN3OS/c1-16-13-9-7-8(19-2)3-4-10(9)17-14(18-13)11-5-6-12(15)20-11/h3-7H,1-2H3,(H,16,17,18). The van der Waals surface area contributed by atoms with Crippen molar-refractivity contribution in [1.29, 1.82) is 0 Å². The molecule has 0 aliphatic carbocycles. The van der Waals surface area contributed by atoms with Crippen LogP contribution >= 0.6 is 22.9 Å². The molecule has 102 valence electrons. The third-order valence-electron chi connectivity index (χ3n) is 2.93. The van der Waals surface area contributed by atoms with E-state index in [0.29, 0.717) is 5.82 Å². The molecule has 0 aliphatic rings. The largest absolute Gasteiger partial charge is 0.497 e. The van der Waals surface area contributed by atoms with E-state index in [2.05, 4.69) is 15.3 Å². The van der Waals surface area contributed by atoms with Crippen molar-refractivity contribution in [3.63, 3.8) is 0 Å². The van der Waals surface area contributed by atoms with Gasteiger partial charge in [-0.05, 0) is 30.3 Å². The molecule has 0 amide bonds. The van der Waals surface area contributed by atoms with Crippen LogP contribution < -0.4 is 10.1 Å². The van der Waals surface area contributed by atoms with E-state index in [1.807, 2.05) is 37.4 Å². The number of fused-ring (bicyclic) bond motifs is 1. The lowest BCUT2D eigenvalue weighted by Crippen LogP contribution is -1.98. The van der Waals surface area contributed by atoms with Gasteiger partial charge < -0.3 is 10.1 Å². The molecule has 0 fully saturated rings. The highest BCUT2D eigenvalue weighted by molar-refractivity contribution is 7.19. The van der Waals surface area contributed by atoms with Crippen LogP contribution in [0, 0.1) is 0 Å². The first-order valence-corrected chi connectivity index (χ1v) is 7.20. The van der Waals surface area contributed by atoms with Gasteiger partial charge in [-0.25, -0.2) is 9.97 Å². The number of thiophene rings is 1. The molecule has 20 heavy (non-hydrogen) atoms. The van der Waals surface area contributed by atoms with E-state index in [-0.39, 0.29) is 0 Å². The van der Waals surface area contributed by atoms with E-state index in [1.165, 1.54) is 11.3 Å². The van der Waals surface area contributed by atoms with Crippen LogP contribution in [0.15, 0.2) is 30.3 Å². The second-order valence-electron chi connectivity index (χ2n) is 4.13. The third kappa shape index (κ3) is 2.30. The summed E-state index contributed by atoms with van der Waals surface area (Å²) in [6, 6.07) is 9.51. The van der Waals surface area contributed by atoms with Crippen LogP contribution in [0.1, 0.15) is 0 Å². The van der Waals surface area contributed by atoms with Crippen LogP contribution in [-0.2, 0) is 0 Å². The van der Waals surface area contributed by atoms with Crippen molar-refractivity contribution in [3.8, 4) is 16.5 Å². The van der Waals surface area contributed by atoms with E-state index < -0.39 is 0 Å². The predicted molar refractivity (Wildman–Crippen MR) is 84.0 cm³/mol. The Morgan fingerprint density at radius 2 is 2.05 bits per heavy atom. The van der Waals surface area contributed by atoms with Gasteiger partial charge in [0.1, 0.15) is 11.6 Å². The van der Waals surface area contributed by atoms with Crippen molar-refractivity contribution in [2.75, 3.05) is 19.5 Å². The average molecular weight is 306 g/mol. The molecular weight excluding hydrogens is 294 g/mol. The number of hydrogen-bond acceptors (Lipinski definition) is 5. The molecule has 0 saturated heterocycles. The maximum atomic E-state index is 5.97. The average Bonchev–Trinajstić information content (AvgIpc) is 2.92. The Balaban J connectivity index is 2.22. The number of aromatic nitrogens is 2. The number of anilines is 1. The van der Waals surface area contributed by atoms with Gasteiger partial charge in [0, 0.05) is 12.4 Å². The van der Waals surface area contributed by atoms with Crippen LogP contribution in [0.4, 0.5) is 5.82 Å². The maximum absolute atomic E-state index is 5.97. The number of ether oxygens (including phenoxy) is 1. The summed E-state index contributed by atoms with van der Waals surface area (Å²) in [7, 11) is 3.48. The highest BCUT2D eigenvalue weighted by Gasteiger charge is 2.11. The fourth-order valence-electron chi connectivity index (χ4n) is 1.97. The molecule has 6 heteroatoms. The molecule has 0 unspecified atom stereocenters. The minimum absolute atomic E-state index is 0.670. The number of hydrogen-bond donors (Lipinski definition) is 1. The lowest BCUT2D eigenvalue weighted by atomic mass is 10.2. The van der Waals surface area contributed by atoms with Crippen LogP contribution in [0.2, 0.25) is 4.34 Å². The Labute approximate surface area is 125 Å². The first-order chi connectivity index (χ1) is 9.71. The Hall–Kier alpha value is -1.85. The van der Waals surface area contributed by atoms with Gasteiger partial charge in [0.25, 0.3) is 0 Å². The van der Waals surface area contributed by atoms with Crippen LogP contribution in [0.5, 0.6) is 5.75 Å². The van der Waals surface area contributed by atoms with Gasteiger partial charge in [-0.2, -0.15) is 0 Å². The molecule has 0 spiro atoms. The zero-order valence-corrected chi connectivity index (χ0v) is 12.5. The first-order valence-electron chi connectivity index (χ1n) is 6.00. The summed E-state index contributed by atoms with van der Waals surface area (Å²) in [5.41, 5.74) is 0.865. The number of benzene rings is 1. The molecule has 0 aliphatic heterocycles. The molecule has 1 aromatic carbocycles. The second kappa shape index (κ2) is 5.26. The molecule has 2 heterocycles. The van der Waals surface area contributed by atoms with Crippen molar-refractivity contribution in [2.45, 2.75) is 0 Å². The monoisotopic (exact) mass is 305 g/mol. The zero-order chi connectivity index (χ0) is 14.1. The number of methoxy groups -OCH3 is 1. The summed E-state index contributed by atoms with van der Waals surface area (Å²) in [5.74, 6) is 2.22. The van der Waals surface area contributed by atoms with E-state index in [9.17, 15) is 0 Å². The predicted octanol–water partition coefficient (Wildman–Crippen LogP) is 4.06. The summed E-state index contributed by atoms with van der Waals surface area (Å²) in [6.07, 6.45) is 0. The smallest absolute Gasteiger partial charge is 0.172 e. The summed E-state index contributed by atoms with van der Waals surface area (Å²) >= 11 is 7.44. The zero-order valence-electron chi connectivity index (χ0n) is 11.0. The number of nitrogens with zero attached hydrogens (tertiary/aromatic N) is 2. The lowest BCUT2D eigenvalue weighted by Gasteiger charge is -2.08. The highest BCUT2D eigenvalue weighted by Crippen LogP contribution is 2.32. The molecule has 0 radical (unpaired) electrons. The van der Waals surface area contributed by atoms with E-state index >= 15 is 0 Å². The SMILES string of the molecule is CNc1nc(-c2ccc(Cl)s2)nc2ccc(OC)cc12. The highest BCUT2D eigenvalue weighted by atomic mass is 35.5. The van der Waals surface area contributed by atoms with Gasteiger partial charge in [0.05, 0.1) is 21.8 Å². The number of halogens is 1. The van der Waals surface area contributed by atoms with Gasteiger partial charge in [-0.1, -0.05) is 11.6 Å². The molecule has 3 aromatic rings. The first kappa shape index (κ1) is 13.1. The minimum Gasteiger partial charge on any atom is -0.497 e. The summed E-state index contributed by atoms with van der Waals surface area (Å²) in [4.78, 5) is 10.1. The lowest BCUT2D eigenvalue weighted by molar-refractivity contribution is 0.415. The summed E-state index contributed by atoms with van der Waals surface area (Å²) in [6.45, 7) is 0. The Kier molecular flexibility index (Phi) is 3.46. The molecule has 2 aromatic heterocycles. The molecule has 0 atom stereocenters. The molecule has 0 saturated carbocycles. The van der Waals surface area contributed by atoms with Crippen molar-refractivity contribution < 1.29 is 4.74 Å². The Morgan fingerprint density at radius 1 is 1.20 bits per heavy atom. The van der Waals surface area contributed by atoms with Gasteiger partial charge in [0.2, 0.25) is 0 Å². The third-order valence-corrected chi connectivity index (χ3v) is 4.16. The van der Waals surface area contributed by atoms with Crippen molar-refractivity contribution in [2.24, 2.45) is 0 Å². The number of rotatable bonds is 3. The van der Waals surface area contributed by atoms with Gasteiger partial charge in [-0.15, -0.1) is 11.3 Å². The number of nitrogens with one attached hydrogen (secondary N) is 1. The van der Waals surface area contributed by atoms with Crippen LogP contribution in [0.25, 0.3) is 21.6 Å². The Bertz CT molecular complexity index is 772. The van der Waals surface area contributed by atoms with Crippen molar-refractivity contribution >= 4 is 39.7 Å². The van der Waals surface area contributed by atoms with Gasteiger partial charge in [0.15, 0.2) is 5.82 Å². The quantitative estimate of drug-likeness (QED) is 0.792. The van der Waals surface area contributed by atoms with Crippen LogP contribution in [0.3, 0.4) is 0 Å². The van der Waals surface area contributed by atoms with Crippen molar-refractivity contribution in [3.05, 3.63) is 34.7 Å². The minimum atomic E-state index is 0.670. The molecule has 1 N–H and O–H groups in total. The maximum Gasteiger partial charge on any atom is 0.172 e. The molecule has 0 bridgehead atoms. The molecular formula is C14H12ClN3OS. The van der Waals surface area contributed by atoms with Gasteiger partial charge in [-0.3, -0.25) is 0 Å². The van der Waals surface area contributed by atoms with E-state index in [0.717, 1.165) is 31.7 Å².